The highest BCUT2D eigenvalue weighted by molar-refractivity contribution is 7.80. The van der Waals surface area contributed by atoms with Crippen molar-refractivity contribution in [1.82, 2.24) is 10.6 Å². The van der Waals surface area contributed by atoms with Gasteiger partial charge in [0.2, 0.25) is 9.70 Å². The molecule has 0 bridgehead atoms. The number of thiocarbonyl (C=S) groups is 1. The summed E-state index contributed by atoms with van der Waals surface area (Å²) in [5.74, 6) is -0.178. The molecule has 3 N–H and O–H groups in total. The summed E-state index contributed by atoms with van der Waals surface area (Å²) in [5, 5.41) is 9.42. The highest BCUT2D eigenvalue weighted by Crippen LogP contribution is 2.29. The van der Waals surface area contributed by atoms with Gasteiger partial charge in [-0.15, -0.1) is 0 Å². The SMILES string of the molecule is CCCCCCCCCCCCCCCCCC(=O)N[C@H](NC(=S)Nc1ccc(Cl)cc1)C(Cl)(Cl)Cl. The molecule has 0 radical (unpaired) electrons. The molecular weight excluding hydrogens is 556 g/mol. The third-order valence-electron chi connectivity index (χ3n) is 6.02. The zero-order chi connectivity index (χ0) is 26.7. The number of unbranched alkanes of at least 4 members (excludes halogenated alkanes) is 14. The average Bonchev–Trinajstić information content (AvgIpc) is 2.82. The largest absolute Gasteiger partial charge is 0.339 e. The van der Waals surface area contributed by atoms with Gasteiger partial charge in [-0.2, -0.15) is 0 Å². The number of benzene rings is 1. The van der Waals surface area contributed by atoms with Crippen LogP contribution in [0.4, 0.5) is 5.69 Å². The van der Waals surface area contributed by atoms with Crippen molar-refractivity contribution in [3.05, 3.63) is 29.3 Å². The fourth-order valence-electron chi connectivity index (χ4n) is 3.92. The predicted molar refractivity (Wildman–Crippen MR) is 163 cm³/mol. The van der Waals surface area contributed by atoms with E-state index in [4.69, 9.17) is 58.6 Å². The van der Waals surface area contributed by atoms with Crippen LogP contribution in [0, 0.1) is 0 Å². The lowest BCUT2D eigenvalue weighted by atomic mass is 10.0. The molecule has 0 heterocycles. The molecule has 0 saturated carbocycles. The van der Waals surface area contributed by atoms with Crippen LogP contribution in [-0.2, 0) is 4.79 Å². The van der Waals surface area contributed by atoms with Crippen LogP contribution in [0.5, 0.6) is 0 Å². The minimum atomic E-state index is -1.77. The normalized spacial score (nSPS) is 12.2. The molecule has 9 heteroatoms. The summed E-state index contributed by atoms with van der Waals surface area (Å²) in [7, 11) is 0. The van der Waals surface area contributed by atoms with Crippen LogP contribution < -0.4 is 16.0 Å². The lowest BCUT2D eigenvalue weighted by Crippen LogP contribution is -2.56. The molecule has 0 aromatic heterocycles. The van der Waals surface area contributed by atoms with E-state index in [1.54, 1.807) is 24.3 Å². The van der Waals surface area contributed by atoms with Crippen molar-refractivity contribution in [1.29, 1.82) is 0 Å². The molecule has 0 saturated heterocycles. The van der Waals surface area contributed by atoms with Crippen molar-refractivity contribution in [3.63, 3.8) is 0 Å². The van der Waals surface area contributed by atoms with Crippen LogP contribution in [0.1, 0.15) is 110 Å². The van der Waals surface area contributed by atoms with Gasteiger partial charge in [0, 0.05) is 17.1 Å². The van der Waals surface area contributed by atoms with Crippen molar-refractivity contribution in [2.45, 2.75) is 120 Å². The molecule has 1 aromatic carbocycles. The monoisotopic (exact) mass is 597 g/mol. The molecule has 1 aromatic rings. The molecule has 1 rings (SSSR count). The molecule has 0 spiro atoms. The van der Waals surface area contributed by atoms with Crippen LogP contribution in [0.3, 0.4) is 0 Å². The van der Waals surface area contributed by atoms with E-state index in [-0.39, 0.29) is 11.0 Å². The summed E-state index contributed by atoms with van der Waals surface area (Å²) < 4.78 is -1.77. The van der Waals surface area contributed by atoms with E-state index < -0.39 is 9.96 Å². The Bertz CT molecular complexity index is 729. The molecule has 0 aliphatic carbocycles. The van der Waals surface area contributed by atoms with Crippen LogP contribution in [0.15, 0.2) is 24.3 Å². The molecule has 1 atom stereocenters. The molecule has 0 fully saturated rings. The van der Waals surface area contributed by atoms with Gasteiger partial charge in [0.25, 0.3) is 0 Å². The number of hydrogen-bond donors (Lipinski definition) is 3. The van der Waals surface area contributed by atoms with Gasteiger partial charge in [-0.3, -0.25) is 4.79 Å². The first kappa shape index (κ1) is 33.6. The summed E-state index contributed by atoms with van der Waals surface area (Å²) in [4.78, 5) is 12.4. The van der Waals surface area contributed by atoms with E-state index in [2.05, 4.69) is 22.9 Å². The smallest absolute Gasteiger partial charge is 0.228 e. The zero-order valence-corrected chi connectivity index (χ0v) is 25.4. The van der Waals surface area contributed by atoms with Crippen LogP contribution >= 0.6 is 58.6 Å². The van der Waals surface area contributed by atoms with Crippen molar-refractivity contribution < 1.29 is 4.79 Å². The van der Waals surface area contributed by atoms with Gasteiger partial charge in [-0.1, -0.05) is 143 Å². The van der Waals surface area contributed by atoms with Crippen molar-refractivity contribution in [3.8, 4) is 0 Å². The molecular formula is C27H43Cl4N3OS. The standard InChI is InChI=1S/C27H43Cl4N3OS/c1-2-3-4-5-6-7-8-9-10-11-12-13-14-15-16-17-24(35)33-25(27(29,30)31)34-26(36)32-23-20-18-22(28)19-21-23/h18-21,25H,2-17H2,1H3,(H,33,35)(H2,32,34,36)/t25-/m1/s1. The van der Waals surface area contributed by atoms with E-state index in [9.17, 15) is 4.79 Å². The van der Waals surface area contributed by atoms with Gasteiger partial charge in [0.05, 0.1) is 0 Å². The van der Waals surface area contributed by atoms with Gasteiger partial charge in [-0.05, 0) is 42.9 Å². The number of anilines is 1. The Kier molecular flexibility index (Phi) is 19.1. The van der Waals surface area contributed by atoms with Crippen molar-refractivity contribution >= 4 is 75.3 Å². The predicted octanol–water partition coefficient (Wildman–Crippen LogP) is 9.70. The Balaban J connectivity index is 2.11. The first-order chi connectivity index (χ1) is 17.2. The molecule has 36 heavy (non-hydrogen) atoms. The Morgan fingerprint density at radius 3 is 1.67 bits per heavy atom. The van der Waals surface area contributed by atoms with E-state index >= 15 is 0 Å². The summed E-state index contributed by atoms with van der Waals surface area (Å²) in [5.41, 5.74) is 0.726. The van der Waals surface area contributed by atoms with Gasteiger partial charge in [-0.25, -0.2) is 0 Å². The molecule has 0 unspecified atom stereocenters. The second-order valence-electron chi connectivity index (χ2n) is 9.35. The topological polar surface area (TPSA) is 53.2 Å². The number of nitrogens with one attached hydrogen (secondary N) is 3. The minimum absolute atomic E-state index is 0.178. The van der Waals surface area contributed by atoms with Crippen LogP contribution in [-0.4, -0.2) is 21.0 Å². The Morgan fingerprint density at radius 1 is 0.778 bits per heavy atom. The summed E-state index contributed by atoms with van der Waals surface area (Å²) in [6, 6.07) is 7.02. The van der Waals surface area contributed by atoms with Gasteiger partial charge in [0.1, 0.15) is 6.17 Å². The first-order valence-electron chi connectivity index (χ1n) is 13.4. The second kappa shape index (κ2) is 20.5. The first-order valence-corrected chi connectivity index (χ1v) is 15.3. The van der Waals surface area contributed by atoms with E-state index in [1.807, 2.05) is 0 Å². The Labute approximate surface area is 243 Å². The molecule has 0 aliphatic rings. The third kappa shape index (κ3) is 17.9. The van der Waals surface area contributed by atoms with Gasteiger partial charge < -0.3 is 16.0 Å². The fourth-order valence-corrected chi connectivity index (χ4v) is 4.61. The van der Waals surface area contributed by atoms with Gasteiger partial charge in [0.15, 0.2) is 5.11 Å². The fraction of sp³-hybridized carbons (Fsp3) is 0.704. The van der Waals surface area contributed by atoms with E-state index in [1.165, 1.54) is 77.0 Å². The maximum Gasteiger partial charge on any atom is 0.228 e. The molecule has 1 amide bonds. The van der Waals surface area contributed by atoms with Crippen LogP contribution in [0.25, 0.3) is 0 Å². The summed E-state index contributed by atoms with van der Waals surface area (Å²) in [6.07, 6.45) is 18.6. The molecule has 4 nitrogen and oxygen atoms in total. The minimum Gasteiger partial charge on any atom is -0.339 e. The Morgan fingerprint density at radius 2 is 1.22 bits per heavy atom. The van der Waals surface area contributed by atoms with E-state index in [0.717, 1.165) is 24.9 Å². The van der Waals surface area contributed by atoms with Crippen molar-refractivity contribution in [2.75, 3.05) is 5.32 Å². The summed E-state index contributed by atoms with van der Waals surface area (Å²) in [6.45, 7) is 2.26. The lowest BCUT2D eigenvalue weighted by molar-refractivity contribution is -0.122. The number of hydrogen-bond acceptors (Lipinski definition) is 2. The van der Waals surface area contributed by atoms with Gasteiger partial charge >= 0.3 is 0 Å². The maximum absolute atomic E-state index is 12.4. The number of rotatable bonds is 19. The maximum atomic E-state index is 12.4. The number of halogens is 4. The second-order valence-corrected chi connectivity index (χ2v) is 12.6. The van der Waals surface area contributed by atoms with Crippen LogP contribution in [0.2, 0.25) is 5.02 Å². The molecule has 0 aliphatic heterocycles. The summed E-state index contributed by atoms with van der Waals surface area (Å²) >= 11 is 29.4. The Hall–Kier alpha value is -0.460. The molecule has 206 valence electrons. The van der Waals surface area contributed by atoms with Crippen molar-refractivity contribution in [2.24, 2.45) is 0 Å². The third-order valence-corrected chi connectivity index (χ3v) is 7.14. The number of amides is 1. The number of alkyl halides is 3. The lowest BCUT2D eigenvalue weighted by Gasteiger charge is -2.27. The number of carbonyl (C=O) groups excluding carboxylic acids is 1. The van der Waals surface area contributed by atoms with E-state index in [0.29, 0.717) is 11.4 Å². The average molecular weight is 600 g/mol. The highest BCUT2D eigenvalue weighted by atomic mass is 35.6. The number of carbonyl (C=O) groups is 1. The highest BCUT2D eigenvalue weighted by Gasteiger charge is 2.34. The zero-order valence-electron chi connectivity index (χ0n) is 21.5. The quantitative estimate of drug-likeness (QED) is 0.0642.